The van der Waals surface area contributed by atoms with Crippen molar-refractivity contribution in [3.8, 4) is 0 Å². The van der Waals surface area contributed by atoms with Crippen LogP contribution in [0.4, 0.5) is 0 Å². The lowest BCUT2D eigenvalue weighted by molar-refractivity contribution is 0.0630. The Morgan fingerprint density at radius 1 is 1.15 bits per heavy atom. The predicted molar refractivity (Wildman–Crippen MR) is 70.1 cm³/mol. The molecule has 0 radical (unpaired) electrons. The molecule has 2 aromatic heterocycles. The molecule has 2 N–H and O–H groups in total. The number of carbonyl (C=O) groups is 2. The number of carbonyl (C=O) groups excluding carboxylic acids is 2. The van der Waals surface area contributed by atoms with E-state index in [1.54, 1.807) is 29.4 Å². The molecule has 7 nitrogen and oxygen atoms in total. The van der Waals surface area contributed by atoms with Crippen LogP contribution in [-0.4, -0.2) is 50.1 Å². The number of nitrogens with one attached hydrogen (secondary N) is 2. The molecule has 1 fully saturated rings. The number of H-pyrrole nitrogens is 2. The molecule has 3 rings (SSSR count). The number of hydrogen-bond donors (Lipinski definition) is 2. The average Bonchev–Trinajstić information content (AvgIpc) is 3.18. The normalized spacial score (nSPS) is 19.0. The van der Waals surface area contributed by atoms with Crippen LogP contribution < -0.4 is 0 Å². The molecule has 1 unspecified atom stereocenters. The summed E-state index contributed by atoms with van der Waals surface area (Å²) in [6.07, 6.45) is 4.73. The highest BCUT2D eigenvalue weighted by Gasteiger charge is 2.30. The fraction of sp³-hybridized carbons (Fsp3) is 0.385. The first kappa shape index (κ1) is 12.6. The quantitative estimate of drug-likeness (QED) is 0.811. The number of aromatic amines is 2. The van der Waals surface area contributed by atoms with Gasteiger partial charge in [0.1, 0.15) is 11.4 Å². The number of ketones is 1. The molecule has 1 atom stereocenters. The van der Waals surface area contributed by atoms with E-state index in [1.165, 1.54) is 0 Å². The van der Waals surface area contributed by atoms with Crippen molar-refractivity contribution in [2.75, 3.05) is 13.1 Å². The first-order valence-corrected chi connectivity index (χ1v) is 6.58. The molecule has 0 saturated carbocycles. The summed E-state index contributed by atoms with van der Waals surface area (Å²) >= 11 is 0. The van der Waals surface area contributed by atoms with Crippen molar-refractivity contribution >= 4 is 11.7 Å². The second kappa shape index (κ2) is 5.28. The Labute approximate surface area is 115 Å². The van der Waals surface area contributed by atoms with Crippen LogP contribution in [0.2, 0.25) is 0 Å². The van der Waals surface area contributed by atoms with Crippen molar-refractivity contribution in [3.05, 3.63) is 35.9 Å². The van der Waals surface area contributed by atoms with Crippen LogP contribution in [0.1, 0.15) is 33.8 Å². The molecular formula is C13H15N5O2. The van der Waals surface area contributed by atoms with Crippen LogP contribution in [-0.2, 0) is 0 Å². The monoisotopic (exact) mass is 273 g/mol. The zero-order valence-electron chi connectivity index (χ0n) is 10.9. The first-order valence-electron chi connectivity index (χ1n) is 6.58. The summed E-state index contributed by atoms with van der Waals surface area (Å²) in [6.45, 7) is 1.11. The lowest BCUT2D eigenvalue weighted by atomic mass is 9.92. The number of piperidine rings is 1. The fourth-order valence-corrected chi connectivity index (χ4v) is 2.53. The molecule has 1 aliphatic rings. The smallest absolute Gasteiger partial charge is 0.271 e. The molecule has 7 heteroatoms. The van der Waals surface area contributed by atoms with Crippen molar-refractivity contribution in [3.63, 3.8) is 0 Å². The Hall–Kier alpha value is -2.44. The van der Waals surface area contributed by atoms with Gasteiger partial charge in [-0.15, -0.1) is 0 Å². The van der Waals surface area contributed by atoms with Gasteiger partial charge >= 0.3 is 0 Å². The van der Waals surface area contributed by atoms with Gasteiger partial charge in [-0.3, -0.25) is 19.8 Å². The van der Waals surface area contributed by atoms with E-state index < -0.39 is 0 Å². The Morgan fingerprint density at radius 3 is 2.50 bits per heavy atom. The van der Waals surface area contributed by atoms with Crippen LogP contribution in [0, 0.1) is 5.92 Å². The molecular weight excluding hydrogens is 258 g/mol. The van der Waals surface area contributed by atoms with E-state index in [0.717, 1.165) is 12.8 Å². The van der Waals surface area contributed by atoms with E-state index in [4.69, 9.17) is 0 Å². The molecule has 0 aliphatic carbocycles. The summed E-state index contributed by atoms with van der Waals surface area (Å²) in [5.41, 5.74) is 0.963. The molecule has 3 heterocycles. The predicted octanol–water partition coefficient (Wildman–Crippen LogP) is 0.868. The van der Waals surface area contributed by atoms with Crippen LogP contribution in [0.5, 0.6) is 0 Å². The molecule has 0 spiro atoms. The maximum Gasteiger partial charge on any atom is 0.271 e. The highest BCUT2D eigenvalue weighted by molar-refractivity contribution is 5.97. The number of rotatable bonds is 3. The third-order valence-electron chi connectivity index (χ3n) is 3.58. The minimum atomic E-state index is -0.170. The SMILES string of the molecule is O=C(c1ccn[nH]1)C1CCCN(C(=O)c2ccn[nH]2)C1. The maximum absolute atomic E-state index is 12.3. The second-order valence-corrected chi connectivity index (χ2v) is 4.90. The lowest BCUT2D eigenvalue weighted by Crippen LogP contribution is -2.42. The number of likely N-dealkylation sites (tertiary alicyclic amines) is 1. The van der Waals surface area contributed by atoms with E-state index in [0.29, 0.717) is 24.5 Å². The zero-order chi connectivity index (χ0) is 13.9. The summed E-state index contributed by atoms with van der Waals surface area (Å²) in [4.78, 5) is 26.2. The Balaban J connectivity index is 1.71. The van der Waals surface area contributed by atoms with E-state index in [9.17, 15) is 9.59 Å². The largest absolute Gasteiger partial charge is 0.337 e. The minimum Gasteiger partial charge on any atom is -0.337 e. The third kappa shape index (κ3) is 2.34. The molecule has 1 saturated heterocycles. The number of hydrogen-bond acceptors (Lipinski definition) is 4. The summed E-state index contributed by atoms with van der Waals surface area (Å²) in [5.74, 6) is -0.259. The van der Waals surface area contributed by atoms with Crippen molar-refractivity contribution in [2.24, 2.45) is 5.92 Å². The summed E-state index contributed by atoms with van der Waals surface area (Å²) < 4.78 is 0. The van der Waals surface area contributed by atoms with Crippen molar-refractivity contribution in [1.29, 1.82) is 0 Å². The number of aromatic nitrogens is 4. The summed E-state index contributed by atoms with van der Waals surface area (Å²) in [6, 6.07) is 3.31. The van der Waals surface area contributed by atoms with Gasteiger partial charge in [0.05, 0.1) is 0 Å². The van der Waals surface area contributed by atoms with E-state index in [-0.39, 0.29) is 17.6 Å². The first-order chi connectivity index (χ1) is 9.75. The highest BCUT2D eigenvalue weighted by atomic mass is 16.2. The van der Waals surface area contributed by atoms with Crippen molar-refractivity contribution in [1.82, 2.24) is 25.3 Å². The number of Topliss-reactive ketones (excluding diaryl/α,β-unsaturated/α-hetero) is 1. The van der Waals surface area contributed by atoms with Crippen LogP contribution in [0.3, 0.4) is 0 Å². The van der Waals surface area contributed by atoms with Gasteiger partial charge in [0.2, 0.25) is 0 Å². The fourth-order valence-electron chi connectivity index (χ4n) is 2.53. The molecule has 20 heavy (non-hydrogen) atoms. The highest BCUT2D eigenvalue weighted by Crippen LogP contribution is 2.21. The number of nitrogens with zero attached hydrogens (tertiary/aromatic N) is 3. The summed E-state index contributed by atoms with van der Waals surface area (Å²) in [7, 11) is 0. The van der Waals surface area contributed by atoms with Gasteiger partial charge in [0, 0.05) is 31.4 Å². The van der Waals surface area contributed by atoms with E-state index in [1.807, 2.05) is 0 Å². The zero-order valence-corrected chi connectivity index (χ0v) is 10.9. The van der Waals surface area contributed by atoms with Gasteiger partial charge in [-0.25, -0.2) is 0 Å². The standard InChI is InChI=1S/C13H15N5O2/c19-12(10-3-5-14-16-10)9-2-1-7-18(8-9)13(20)11-4-6-15-17-11/h3-6,9H,1-2,7-8H2,(H,14,16)(H,15,17). The Morgan fingerprint density at radius 2 is 1.85 bits per heavy atom. The van der Waals surface area contributed by atoms with Gasteiger partial charge in [-0.05, 0) is 25.0 Å². The summed E-state index contributed by atoms with van der Waals surface area (Å²) in [5, 5.41) is 12.9. The Kier molecular flexibility index (Phi) is 3.32. The lowest BCUT2D eigenvalue weighted by Gasteiger charge is -2.31. The van der Waals surface area contributed by atoms with Gasteiger partial charge in [-0.2, -0.15) is 10.2 Å². The maximum atomic E-state index is 12.3. The molecule has 1 aliphatic heterocycles. The van der Waals surface area contributed by atoms with Gasteiger partial charge < -0.3 is 4.90 Å². The Bertz CT molecular complexity index is 538. The minimum absolute atomic E-state index is 0.0182. The van der Waals surface area contributed by atoms with Crippen molar-refractivity contribution in [2.45, 2.75) is 12.8 Å². The van der Waals surface area contributed by atoms with Crippen molar-refractivity contribution < 1.29 is 9.59 Å². The van der Waals surface area contributed by atoms with Gasteiger partial charge in [0.25, 0.3) is 5.91 Å². The van der Waals surface area contributed by atoms with Crippen LogP contribution in [0.25, 0.3) is 0 Å². The molecule has 104 valence electrons. The van der Waals surface area contributed by atoms with Gasteiger partial charge in [-0.1, -0.05) is 0 Å². The van der Waals surface area contributed by atoms with Crippen LogP contribution >= 0.6 is 0 Å². The third-order valence-corrected chi connectivity index (χ3v) is 3.58. The average molecular weight is 273 g/mol. The molecule has 0 bridgehead atoms. The van der Waals surface area contributed by atoms with E-state index in [2.05, 4.69) is 20.4 Å². The number of amides is 1. The van der Waals surface area contributed by atoms with Gasteiger partial charge in [0.15, 0.2) is 5.78 Å². The second-order valence-electron chi connectivity index (χ2n) is 4.90. The molecule has 1 amide bonds. The topological polar surface area (TPSA) is 94.7 Å². The van der Waals surface area contributed by atoms with Crippen LogP contribution in [0.15, 0.2) is 24.5 Å². The van der Waals surface area contributed by atoms with E-state index >= 15 is 0 Å². The molecule has 0 aromatic carbocycles. The molecule has 2 aromatic rings.